The summed E-state index contributed by atoms with van der Waals surface area (Å²) in [6, 6.07) is 4.23. The molecule has 0 spiro atoms. The van der Waals surface area contributed by atoms with Crippen molar-refractivity contribution in [3.05, 3.63) is 29.8 Å². The van der Waals surface area contributed by atoms with Gasteiger partial charge in [0, 0.05) is 30.9 Å². The van der Waals surface area contributed by atoms with Gasteiger partial charge in [-0.05, 0) is 31.0 Å². The predicted octanol–water partition coefficient (Wildman–Crippen LogP) is 2.79. The van der Waals surface area contributed by atoms with E-state index in [4.69, 9.17) is 0 Å². The molecule has 1 fully saturated rings. The molecule has 1 saturated heterocycles. The van der Waals surface area contributed by atoms with Gasteiger partial charge in [0.2, 0.25) is 0 Å². The van der Waals surface area contributed by atoms with Crippen LogP contribution in [0.5, 0.6) is 0 Å². The summed E-state index contributed by atoms with van der Waals surface area (Å²) in [7, 11) is 0. The molecular formula is C14H20F2N2. The van der Waals surface area contributed by atoms with Crippen LogP contribution in [0, 0.1) is 17.6 Å². The van der Waals surface area contributed by atoms with Crippen LogP contribution in [0.25, 0.3) is 0 Å². The lowest BCUT2D eigenvalue weighted by Gasteiger charge is -2.38. The third-order valence-electron chi connectivity index (χ3n) is 3.58. The number of anilines is 1. The van der Waals surface area contributed by atoms with Crippen LogP contribution in [0.1, 0.15) is 20.3 Å². The van der Waals surface area contributed by atoms with Crippen LogP contribution in [-0.4, -0.2) is 25.7 Å². The van der Waals surface area contributed by atoms with E-state index in [9.17, 15) is 8.78 Å². The molecule has 18 heavy (non-hydrogen) atoms. The molecule has 0 aromatic heterocycles. The van der Waals surface area contributed by atoms with E-state index < -0.39 is 11.6 Å². The third-order valence-corrected chi connectivity index (χ3v) is 3.58. The Bertz CT molecular complexity index is 389. The fourth-order valence-electron chi connectivity index (χ4n) is 2.67. The van der Waals surface area contributed by atoms with Gasteiger partial charge in [0.25, 0.3) is 0 Å². The molecule has 1 aliphatic rings. The van der Waals surface area contributed by atoms with Gasteiger partial charge in [0.1, 0.15) is 11.6 Å². The minimum Gasteiger partial charge on any atom is -0.371 e. The van der Waals surface area contributed by atoms with E-state index in [1.807, 2.05) is 0 Å². The quantitative estimate of drug-likeness (QED) is 0.892. The fraction of sp³-hybridized carbons (Fsp3) is 0.571. The van der Waals surface area contributed by atoms with Crippen molar-refractivity contribution in [2.45, 2.75) is 26.3 Å². The maximum Gasteiger partial charge on any atom is 0.128 e. The van der Waals surface area contributed by atoms with E-state index in [2.05, 4.69) is 24.1 Å². The summed E-state index contributed by atoms with van der Waals surface area (Å²) >= 11 is 0. The van der Waals surface area contributed by atoms with Gasteiger partial charge in [0.05, 0.1) is 0 Å². The number of halogens is 2. The summed E-state index contributed by atoms with van der Waals surface area (Å²) in [5.74, 6) is -0.539. The van der Waals surface area contributed by atoms with Gasteiger partial charge in [-0.1, -0.05) is 13.8 Å². The van der Waals surface area contributed by atoms with Crippen molar-refractivity contribution >= 4 is 5.69 Å². The maximum atomic E-state index is 13.2. The van der Waals surface area contributed by atoms with Crippen molar-refractivity contribution in [2.24, 2.45) is 5.92 Å². The molecule has 4 heteroatoms. The monoisotopic (exact) mass is 254 g/mol. The molecule has 0 aliphatic carbocycles. The van der Waals surface area contributed by atoms with Crippen molar-refractivity contribution in [3.63, 3.8) is 0 Å². The van der Waals surface area contributed by atoms with E-state index in [0.29, 0.717) is 17.6 Å². The van der Waals surface area contributed by atoms with Gasteiger partial charge in [-0.3, -0.25) is 0 Å². The van der Waals surface area contributed by atoms with Gasteiger partial charge < -0.3 is 10.2 Å². The van der Waals surface area contributed by atoms with Crippen molar-refractivity contribution in [2.75, 3.05) is 24.5 Å². The first kappa shape index (κ1) is 13.3. The van der Waals surface area contributed by atoms with Crippen molar-refractivity contribution < 1.29 is 8.78 Å². The van der Waals surface area contributed by atoms with Crippen LogP contribution in [0.4, 0.5) is 14.5 Å². The van der Waals surface area contributed by atoms with Crippen molar-refractivity contribution in [1.82, 2.24) is 5.32 Å². The Morgan fingerprint density at radius 1 is 1.28 bits per heavy atom. The number of piperidine rings is 1. The van der Waals surface area contributed by atoms with Crippen LogP contribution >= 0.6 is 0 Å². The zero-order chi connectivity index (χ0) is 13.1. The molecule has 100 valence electrons. The number of nitrogens with zero attached hydrogens (tertiary/aromatic N) is 1. The summed E-state index contributed by atoms with van der Waals surface area (Å²) in [5, 5.41) is 3.45. The summed E-state index contributed by atoms with van der Waals surface area (Å²) in [4.78, 5) is 2.06. The summed E-state index contributed by atoms with van der Waals surface area (Å²) < 4.78 is 26.4. The number of rotatable bonds is 3. The maximum absolute atomic E-state index is 13.2. The SMILES string of the molecule is CCNC1CCN(c2cc(F)cc(F)c2)CC1C. The Hall–Kier alpha value is -1.16. The van der Waals surface area contributed by atoms with Crippen LogP contribution in [0.3, 0.4) is 0 Å². The van der Waals surface area contributed by atoms with Crippen LogP contribution in [0.15, 0.2) is 18.2 Å². The molecular weight excluding hydrogens is 234 g/mol. The zero-order valence-corrected chi connectivity index (χ0v) is 10.9. The second-order valence-corrected chi connectivity index (χ2v) is 5.00. The summed E-state index contributed by atoms with van der Waals surface area (Å²) in [6.45, 7) is 6.91. The molecule has 1 heterocycles. The van der Waals surface area contributed by atoms with Crippen molar-refractivity contribution in [3.8, 4) is 0 Å². The lowest BCUT2D eigenvalue weighted by atomic mass is 9.93. The molecule has 1 N–H and O–H groups in total. The first-order chi connectivity index (χ1) is 8.60. The highest BCUT2D eigenvalue weighted by Crippen LogP contribution is 2.24. The van der Waals surface area contributed by atoms with Crippen LogP contribution in [-0.2, 0) is 0 Å². The molecule has 0 radical (unpaired) electrons. The average molecular weight is 254 g/mol. The van der Waals surface area contributed by atoms with Gasteiger partial charge in [0.15, 0.2) is 0 Å². The zero-order valence-electron chi connectivity index (χ0n) is 10.9. The standard InChI is InChI=1S/C14H20F2N2/c1-3-17-14-4-5-18(9-10(14)2)13-7-11(15)6-12(16)8-13/h6-8,10,14,17H,3-5,9H2,1-2H3. The van der Waals surface area contributed by atoms with Crippen LogP contribution in [0.2, 0.25) is 0 Å². The van der Waals surface area contributed by atoms with Crippen molar-refractivity contribution in [1.29, 1.82) is 0 Å². The Balaban J connectivity index is 2.07. The molecule has 0 bridgehead atoms. The van der Waals surface area contributed by atoms with Gasteiger partial charge in [-0.25, -0.2) is 8.78 Å². The Morgan fingerprint density at radius 2 is 1.94 bits per heavy atom. The highest BCUT2D eigenvalue weighted by atomic mass is 19.1. The highest BCUT2D eigenvalue weighted by Gasteiger charge is 2.25. The Morgan fingerprint density at radius 3 is 2.50 bits per heavy atom. The minimum atomic E-state index is -0.508. The largest absolute Gasteiger partial charge is 0.371 e. The Kier molecular flexibility index (Phi) is 4.17. The predicted molar refractivity (Wildman–Crippen MR) is 69.8 cm³/mol. The summed E-state index contributed by atoms with van der Waals surface area (Å²) in [5.41, 5.74) is 0.647. The first-order valence-electron chi connectivity index (χ1n) is 6.54. The van der Waals surface area contributed by atoms with E-state index in [0.717, 1.165) is 32.1 Å². The molecule has 1 aliphatic heterocycles. The molecule has 2 rings (SSSR count). The minimum absolute atomic E-state index is 0.477. The lowest BCUT2D eigenvalue weighted by molar-refractivity contribution is 0.326. The lowest BCUT2D eigenvalue weighted by Crippen LogP contribution is -2.48. The smallest absolute Gasteiger partial charge is 0.128 e. The molecule has 0 amide bonds. The highest BCUT2D eigenvalue weighted by molar-refractivity contribution is 5.47. The Labute approximate surface area is 107 Å². The molecule has 2 nitrogen and oxygen atoms in total. The molecule has 0 saturated carbocycles. The number of hydrogen-bond acceptors (Lipinski definition) is 2. The topological polar surface area (TPSA) is 15.3 Å². The van der Waals surface area contributed by atoms with Gasteiger partial charge >= 0.3 is 0 Å². The van der Waals surface area contributed by atoms with E-state index in [-0.39, 0.29) is 0 Å². The first-order valence-corrected chi connectivity index (χ1v) is 6.54. The number of benzene rings is 1. The average Bonchev–Trinajstić information content (AvgIpc) is 2.30. The normalized spacial score (nSPS) is 24.3. The second-order valence-electron chi connectivity index (χ2n) is 5.00. The number of nitrogens with one attached hydrogen (secondary N) is 1. The summed E-state index contributed by atoms with van der Waals surface area (Å²) in [6.07, 6.45) is 1.01. The molecule has 1 aromatic carbocycles. The van der Waals surface area contributed by atoms with E-state index in [1.165, 1.54) is 12.1 Å². The van der Waals surface area contributed by atoms with E-state index in [1.54, 1.807) is 0 Å². The van der Waals surface area contributed by atoms with E-state index >= 15 is 0 Å². The molecule has 2 atom stereocenters. The van der Waals surface area contributed by atoms with Gasteiger partial charge in [-0.2, -0.15) is 0 Å². The molecule has 1 aromatic rings. The molecule has 2 unspecified atom stereocenters. The second kappa shape index (κ2) is 5.65. The fourth-order valence-corrected chi connectivity index (χ4v) is 2.67. The van der Waals surface area contributed by atoms with Crippen LogP contribution < -0.4 is 10.2 Å². The number of hydrogen-bond donors (Lipinski definition) is 1. The van der Waals surface area contributed by atoms with Gasteiger partial charge in [-0.15, -0.1) is 0 Å². The third kappa shape index (κ3) is 2.99.